The Hall–Kier alpha value is -1.34. The number of hydrogen-bond acceptors (Lipinski definition) is 2. The van der Waals surface area contributed by atoms with Gasteiger partial charge in [0, 0.05) is 16.1 Å². The highest BCUT2D eigenvalue weighted by atomic mass is 79.9. The van der Waals surface area contributed by atoms with Crippen molar-refractivity contribution < 1.29 is 4.79 Å². The van der Waals surface area contributed by atoms with Crippen molar-refractivity contribution in [2.75, 3.05) is 5.32 Å². The zero-order valence-corrected chi connectivity index (χ0v) is 10.3. The summed E-state index contributed by atoms with van der Waals surface area (Å²) < 4.78 is 0.864. The molecule has 0 unspecified atom stereocenters. The molecule has 1 N–H and O–H groups in total. The molecule has 0 bridgehead atoms. The molecule has 2 rings (SSSR count). The zero-order chi connectivity index (χ0) is 11.5. The zero-order valence-electron chi connectivity index (χ0n) is 8.66. The van der Waals surface area contributed by atoms with Crippen LogP contribution in [0.15, 0.2) is 22.7 Å². The summed E-state index contributed by atoms with van der Waals surface area (Å²) >= 11 is 3.39. The SMILES string of the molecule is N#CCc1ccc(NC(=O)C2CC2)cc1Br. The average molecular weight is 279 g/mol. The molecule has 1 fully saturated rings. The van der Waals surface area contributed by atoms with E-state index in [1.165, 1.54) is 0 Å². The van der Waals surface area contributed by atoms with Crippen LogP contribution >= 0.6 is 15.9 Å². The molecule has 1 amide bonds. The van der Waals surface area contributed by atoms with Gasteiger partial charge in [-0.3, -0.25) is 4.79 Å². The van der Waals surface area contributed by atoms with E-state index >= 15 is 0 Å². The van der Waals surface area contributed by atoms with E-state index < -0.39 is 0 Å². The maximum Gasteiger partial charge on any atom is 0.227 e. The van der Waals surface area contributed by atoms with Crippen LogP contribution in [0.4, 0.5) is 5.69 Å². The fraction of sp³-hybridized carbons (Fsp3) is 0.333. The number of nitriles is 1. The summed E-state index contributed by atoms with van der Waals surface area (Å²) in [4.78, 5) is 11.5. The van der Waals surface area contributed by atoms with Crippen molar-refractivity contribution in [3.63, 3.8) is 0 Å². The van der Waals surface area contributed by atoms with Gasteiger partial charge in [0.05, 0.1) is 12.5 Å². The second-order valence-corrected chi connectivity index (χ2v) is 4.76. The third-order valence-corrected chi connectivity index (χ3v) is 3.28. The summed E-state index contributed by atoms with van der Waals surface area (Å²) in [5.74, 6) is 0.303. The number of carbonyl (C=O) groups is 1. The standard InChI is InChI=1S/C12H11BrN2O/c13-11-7-10(4-3-8(11)5-6-14)15-12(16)9-1-2-9/h3-4,7,9H,1-2,5H2,(H,15,16). The fourth-order valence-electron chi connectivity index (χ4n) is 1.44. The van der Waals surface area contributed by atoms with Crippen LogP contribution in [0.2, 0.25) is 0 Å². The Morgan fingerprint density at radius 1 is 1.56 bits per heavy atom. The Balaban J connectivity index is 2.08. The van der Waals surface area contributed by atoms with Crippen LogP contribution in [0.3, 0.4) is 0 Å². The monoisotopic (exact) mass is 278 g/mol. The Morgan fingerprint density at radius 2 is 2.31 bits per heavy atom. The van der Waals surface area contributed by atoms with Gasteiger partial charge in [0.15, 0.2) is 0 Å². The van der Waals surface area contributed by atoms with Gasteiger partial charge in [0.25, 0.3) is 0 Å². The molecular weight excluding hydrogens is 268 g/mol. The number of nitrogens with one attached hydrogen (secondary N) is 1. The van der Waals surface area contributed by atoms with E-state index in [2.05, 4.69) is 27.3 Å². The highest BCUT2D eigenvalue weighted by molar-refractivity contribution is 9.10. The van der Waals surface area contributed by atoms with E-state index in [1.54, 1.807) is 0 Å². The van der Waals surface area contributed by atoms with Gasteiger partial charge in [-0.25, -0.2) is 0 Å². The molecule has 1 aliphatic rings. The van der Waals surface area contributed by atoms with E-state index in [9.17, 15) is 4.79 Å². The highest BCUT2D eigenvalue weighted by Crippen LogP contribution is 2.30. The van der Waals surface area contributed by atoms with Gasteiger partial charge in [-0.05, 0) is 30.5 Å². The van der Waals surface area contributed by atoms with Gasteiger partial charge in [0.2, 0.25) is 5.91 Å². The molecule has 1 aromatic rings. The quantitative estimate of drug-likeness (QED) is 0.924. The number of carbonyl (C=O) groups excluding carboxylic acids is 1. The van der Waals surface area contributed by atoms with Crippen molar-refractivity contribution in [1.29, 1.82) is 5.26 Å². The number of anilines is 1. The second-order valence-electron chi connectivity index (χ2n) is 3.90. The first kappa shape index (κ1) is 11.2. The van der Waals surface area contributed by atoms with Gasteiger partial charge in [-0.15, -0.1) is 0 Å². The molecule has 4 heteroatoms. The smallest absolute Gasteiger partial charge is 0.227 e. The Morgan fingerprint density at radius 3 is 2.88 bits per heavy atom. The van der Waals surface area contributed by atoms with Gasteiger partial charge in [0.1, 0.15) is 0 Å². The summed E-state index contributed by atoms with van der Waals surface area (Å²) in [7, 11) is 0. The first-order chi connectivity index (χ1) is 7.70. The number of amides is 1. The fourth-order valence-corrected chi connectivity index (χ4v) is 1.96. The molecule has 1 aliphatic carbocycles. The topological polar surface area (TPSA) is 52.9 Å². The third-order valence-electron chi connectivity index (χ3n) is 2.54. The molecule has 0 saturated heterocycles. The lowest BCUT2D eigenvalue weighted by Gasteiger charge is -2.06. The van der Waals surface area contributed by atoms with Crippen molar-refractivity contribution in [1.82, 2.24) is 0 Å². The summed E-state index contributed by atoms with van der Waals surface area (Å²) in [6.45, 7) is 0. The molecule has 0 radical (unpaired) electrons. The van der Waals surface area contributed by atoms with Crippen molar-refractivity contribution >= 4 is 27.5 Å². The van der Waals surface area contributed by atoms with Crippen molar-refractivity contribution in [3.05, 3.63) is 28.2 Å². The van der Waals surface area contributed by atoms with Crippen LogP contribution in [-0.2, 0) is 11.2 Å². The summed E-state index contributed by atoms with van der Waals surface area (Å²) in [6.07, 6.45) is 2.37. The van der Waals surface area contributed by atoms with Crippen LogP contribution in [-0.4, -0.2) is 5.91 Å². The maximum absolute atomic E-state index is 11.5. The predicted octanol–water partition coefficient (Wildman–Crippen LogP) is 2.86. The van der Waals surface area contributed by atoms with Gasteiger partial charge < -0.3 is 5.32 Å². The second kappa shape index (κ2) is 4.67. The first-order valence-corrected chi connectivity index (χ1v) is 5.96. The van der Waals surface area contributed by atoms with E-state index in [-0.39, 0.29) is 11.8 Å². The Labute approximate surface area is 103 Å². The largest absolute Gasteiger partial charge is 0.326 e. The molecule has 0 heterocycles. The van der Waals surface area contributed by atoms with Gasteiger partial charge in [-0.2, -0.15) is 5.26 Å². The van der Waals surface area contributed by atoms with Crippen LogP contribution in [0.25, 0.3) is 0 Å². The summed E-state index contributed by atoms with van der Waals surface area (Å²) in [5.41, 5.74) is 1.72. The molecule has 0 spiro atoms. The van der Waals surface area contributed by atoms with Crippen LogP contribution < -0.4 is 5.32 Å². The molecular formula is C12H11BrN2O. The lowest BCUT2D eigenvalue weighted by Crippen LogP contribution is -2.13. The maximum atomic E-state index is 11.5. The summed E-state index contributed by atoms with van der Waals surface area (Å²) in [5, 5.41) is 11.5. The molecule has 0 aliphatic heterocycles. The molecule has 1 aromatic carbocycles. The number of halogens is 1. The number of benzene rings is 1. The minimum Gasteiger partial charge on any atom is -0.326 e. The van der Waals surface area contributed by atoms with Crippen LogP contribution in [0.1, 0.15) is 18.4 Å². The molecule has 0 atom stereocenters. The van der Waals surface area contributed by atoms with Gasteiger partial charge >= 0.3 is 0 Å². The number of rotatable bonds is 3. The lowest BCUT2D eigenvalue weighted by atomic mass is 10.1. The highest BCUT2D eigenvalue weighted by Gasteiger charge is 2.29. The Bertz CT molecular complexity index is 461. The number of hydrogen-bond donors (Lipinski definition) is 1. The molecule has 1 saturated carbocycles. The first-order valence-electron chi connectivity index (χ1n) is 5.17. The van der Waals surface area contributed by atoms with Crippen molar-refractivity contribution in [2.45, 2.75) is 19.3 Å². The molecule has 82 valence electrons. The minimum absolute atomic E-state index is 0.0972. The summed E-state index contributed by atoms with van der Waals surface area (Å²) in [6, 6.07) is 7.62. The van der Waals surface area contributed by atoms with E-state index in [0.717, 1.165) is 28.6 Å². The van der Waals surface area contributed by atoms with Crippen LogP contribution in [0.5, 0.6) is 0 Å². The van der Waals surface area contributed by atoms with Gasteiger partial charge in [-0.1, -0.05) is 22.0 Å². The molecule has 0 aromatic heterocycles. The predicted molar refractivity (Wildman–Crippen MR) is 64.8 cm³/mol. The molecule has 16 heavy (non-hydrogen) atoms. The normalized spacial score (nSPS) is 14.2. The average Bonchev–Trinajstić information content (AvgIpc) is 3.05. The van der Waals surface area contributed by atoms with Crippen molar-refractivity contribution in [2.24, 2.45) is 5.92 Å². The van der Waals surface area contributed by atoms with E-state index in [1.807, 2.05) is 18.2 Å². The lowest BCUT2D eigenvalue weighted by molar-refractivity contribution is -0.117. The van der Waals surface area contributed by atoms with Crippen molar-refractivity contribution in [3.8, 4) is 6.07 Å². The van der Waals surface area contributed by atoms with E-state index in [4.69, 9.17) is 5.26 Å². The molecule has 3 nitrogen and oxygen atoms in total. The van der Waals surface area contributed by atoms with Crippen LogP contribution in [0, 0.1) is 17.2 Å². The Kier molecular flexibility index (Phi) is 3.25. The third kappa shape index (κ3) is 2.61. The minimum atomic E-state index is 0.0972. The van der Waals surface area contributed by atoms with E-state index in [0.29, 0.717) is 6.42 Å². The number of nitrogens with zero attached hydrogens (tertiary/aromatic N) is 1.